The normalized spacial score (nSPS) is 50.5. The van der Waals surface area contributed by atoms with Crippen LogP contribution < -0.4 is 0 Å². The van der Waals surface area contributed by atoms with E-state index < -0.39 is 59.4 Å². The lowest BCUT2D eigenvalue weighted by atomic mass is 9.54. The van der Waals surface area contributed by atoms with E-state index in [2.05, 4.69) is 0 Å². The van der Waals surface area contributed by atoms with Crippen LogP contribution in [0.25, 0.3) is 0 Å². The van der Waals surface area contributed by atoms with Gasteiger partial charge < -0.3 is 19.3 Å². The number of carboxylic acids is 1. The molecule has 1 N–H and O–H groups in total. The summed E-state index contributed by atoms with van der Waals surface area (Å²) in [5.41, 5.74) is -0.414. The Morgan fingerprint density at radius 2 is 1.59 bits per heavy atom. The van der Waals surface area contributed by atoms with Crippen LogP contribution in [-0.4, -0.2) is 46.8 Å². The first-order valence-corrected chi connectivity index (χ1v) is 10.7. The summed E-state index contributed by atoms with van der Waals surface area (Å²) in [5.74, 6) is -3.97. The van der Waals surface area contributed by atoms with Gasteiger partial charge in [0.1, 0.15) is 17.8 Å². The van der Waals surface area contributed by atoms with Gasteiger partial charge in [0, 0.05) is 11.8 Å². The van der Waals surface area contributed by atoms with Gasteiger partial charge in [-0.1, -0.05) is 0 Å². The Bertz CT molecular complexity index is 782. The second-order valence-electron chi connectivity index (χ2n) is 10.2. The van der Waals surface area contributed by atoms with Crippen molar-refractivity contribution in [2.45, 2.75) is 62.8 Å². The first kappa shape index (κ1) is 17.7. The van der Waals surface area contributed by atoms with Crippen molar-refractivity contribution < 1.29 is 38.5 Å². The highest BCUT2D eigenvalue weighted by molar-refractivity contribution is 6.28. The van der Waals surface area contributed by atoms with Crippen LogP contribution in [0.15, 0.2) is 0 Å². The number of carbonyl (C=O) groups is 4. The molecule has 0 spiro atoms. The van der Waals surface area contributed by atoms with Crippen molar-refractivity contribution in [1.82, 2.24) is 0 Å². The molecule has 29 heavy (non-hydrogen) atoms. The van der Waals surface area contributed by atoms with Crippen molar-refractivity contribution in [2.75, 3.05) is 0 Å². The third-order valence-corrected chi connectivity index (χ3v) is 8.53. The maximum Gasteiger partial charge on any atom is 0.417 e. The standard InChI is InChI=1S/C21H24O8/c22-17(23)20(26)28-16-12-4-11-13(18(24)27-15(11)16)14(12)19(25)29-21-5-8-1-9(6-21)3-10(2-8)7-21/h8-16H,1-7H2,(H,22,23). The van der Waals surface area contributed by atoms with E-state index in [1.54, 1.807) is 0 Å². The smallest absolute Gasteiger partial charge is 0.417 e. The Balaban J connectivity index is 1.24. The maximum atomic E-state index is 13.3. The molecule has 7 rings (SSSR count). The van der Waals surface area contributed by atoms with E-state index in [1.807, 2.05) is 0 Å². The van der Waals surface area contributed by atoms with E-state index in [-0.39, 0.29) is 5.92 Å². The summed E-state index contributed by atoms with van der Waals surface area (Å²) in [7, 11) is 0. The fraction of sp³-hybridized carbons (Fsp3) is 0.810. The SMILES string of the molecule is O=C(O)C(=O)OC1C2CC3C1OC(=O)C3C2C(=O)OC12CC3CC(CC(C3)C1)C2. The fourth-order valence-corrected chi connectivity index (χ4v) is 8.08. The van der Waals surface area contributed by atoms with E-state index >= 15 is 0 Å². The quantitative estimate of drug-likeness (QED) is 0.425. The molecule has 0 radical (unpaired) electrons. The van der Waals surface area contributed by atoms with Gasteiger partial charge >= 0.3 is 23.9 Å². The summed E-state index contributed by atoms with van der Waals surface area (Å²) in [6.45, 7) is 0. The molecule has 8 heteroatoms. The predicted octanol–water partition coefficient (Wildman–Crippen LogP) is 1.30. The molecule has 156 valence electrons. The molecule has 7 aliphatic rings. The first-order chi connectivity index (χ1) is 13.8. The minimum Gasteiger partial charge on any atom is -0.473 e. The van der Waals surface area contributed by atoms with Crippen LogP contribution in [0.4, 0.5) is 0 Å². The van der Waals surface area contributed by atoms with Crippen LogP contribution in [0, 0.1) is 41.4 Å². The molecular formula is C21H24O8. The molecule has 6 aliphatic carbocycles. The summed E-state index contributed by atoms with van der Waals surface area (Å²) in [5, 5.41) is 8.88. The zero-order valence-corrected chi connectivity index (χ0v) is 16.0. The minimum atomic E-state index is -1.69. The van der Waals surface area contributed by atoms with Crippen LogP contribution in [0.2, 0.25) is 0 Å². The highest BCUT2D eigenvalue weighted by Crippen LogP contribution is 2.61. The monoisotopic (exact) mass is 404 g/mol. The lowest BCUT2D eigenvalue weighted by Gasteiger charge is -2.56. The molecular weight excluding hydrogens is 380 g/mol. The van der Waals surface area contributed by atoms with Gasteiger partial charge in [0.05, 0.1) is 11.8 Å². The number of carbonyl (C=O) groups excluding carboxylic acids is 3. The number of aliphatic carboxylic acids is 1. The average Bonchev–Trinajstić information content (AvgIpc) is 3.23. The molecule has 6 bridgehead atoms. The molecule has 1 aliphatic heterocycles. The van der Waals surface area contributed by atoms with Crippen molar-refractivity contribution in [3.8, 4) is 0 Å². The number of fused-ring (bicyclic) bond motifs is 1. The molecule has 0 amide bonds. The Hall–Kier alpha value is -2.12. The Labute approximate surface area is 167 Å². The number of carboxylic acid groups (broad SMARTS) is 1. The zero-order valence-electron chi connectivity index (χ0n) is 16.0. The molecule has 1 heterocycles. The summed E-state index contributed by atoms with van der Waals surface area (Å²) in [6.07, 6.45) is 5.38. The van der Waals surface area contributed by atoms with Gasteiger partial charge in [-0.05, 0) is 62.7 Å². The van der Waals surface area contributed by atoms with Crippen LogP contribution in [0.3, 0.4) is 0 Å². The van der Waals surface area contributed by atoms with Crippen LogP contribution in [0.1, 0.15) is 44.9 Å². The topological polar surface area (TPSA) is 116 Å². The summed E-state index contributed by atoms with van der Waals surface area (Å²) >= 11 is 0. The average molecular weight is 404 g/mol. The van der Waals surface area contributed by atoms with Gasteiger partial charge in [0.15, 0.2) is 0 Å². The lowest BCUT2D eigenvalue weighted by molar-refractivity contribution is -0.197. The van der Waals surface area contributed by atoms with E-state index in [0.717, 1.165) is 19.3 Å². The van der Waals surface area contributed by atoms with E-state index in [0.29, 0.717) is 24.2 Å². The predicted molar refractivity (Wildman–Crippen MR) is 93.0 cm³/mol. The fourth-order valence-electron chi connectivity index (χ4n) is 8.08. The highest BCUT2D eigenvalue weighted by atomic mass is 16.6. The van der Waals surface area contributed by atoms with Crippen molar-refractivity contribution in [2.24, 2.45) is 41.4 Å². The van der Waals surface area contributed by atoms with Gasteiger partial charge in [-0.25, -0.2) is 9.59 Å². The van der Waals surface area contributed by atoms with Crippen LogP contribution in [0.5, 0.6) is 0 Å². The zero-order chi connectivity index (χ0) is 20.1. The van der Waals surface area contributed by atoms with Gasteiger partial charge in [0.25, 0.3) is 0 Å². The molecule has 6 unspecified atom stereocenters. The van der Waals surface area contributed by atoms with Gasteiger partial charge in [-0.15, -0.1) is 0 Å². The molecule has 0 aromatic heterocycles. The van der Waals surface area contributed by atoms with Gasteiger partial charge in [-0.2, -0.15) is 0 Å². The highest BCUT2D eigenvalue weighted by Gasteiger charge is 2.71. The molecule has 0 aromatic rings. The third kappa shape index (κ3) is 2.43. The number of rotatable bonds is 3. The second-order valence-corrected chi connectivity index (χ2v) is 10.2. The number of esters is 3. The maximum absolute atomic E-state index is 13.3. The largest absolute Gasteiger partial charge is 0.473 e. The Morgan fingerprint density at radius 3 is 2.17 bits per heavy atom. The van der Waals surface area contributed by atoms with Crippen LogP contribution in [-0.2, 0) is 33.4 Å². The van der Waals surface area contributed by atoms with Crippen molar-refractivity contribution in [3.05, 3.63) is 0 Å². The van der Waals surface area contributed by atoms with Crippen molar-refractivity contribution in [3.63, 3.8) is 0 Å². The first-order valence-electron chi connectivity index (χ1n) is 10.7. The number of hydrogen-bond acceptors (Lipinski definition) is 7. The molecule has 7 fully saturated rings. The van der Waals surface area contributed by atoms with Crippen LogP contribution >= 0.6 is 0 Å². The molecule has 0 aromatic carbocycles. The van der Waals surface area contributed by atoms with Gasteiger partial charge in [0.2, 0.25) is 0 Å². The summed E-state index contributed by atoms with van der Waals surface area (Å²) in [6, 6.07) is 0. The minimum absolute atomic E-state index is 0.215. The molecule has 1 saturated heterocycles. The second kappa shape index (κ2) is 5.73. The molecule has 6 atom stereocenters. The van der Waals surface area contributed by atoms with Gasteiger partial charge in [-0.3, -0.25) is 9.59 Å². The molecule has 8 nitrogen and oxygen atoms in total. The van der Waals surface area contributed by atoms with Crippen molar-refractivity contribution in [1.29, 1.82) is 0 Å². The van der Waals surface area contributed by atoms with Crippen molar-refractivity contribution >= 4 is 23.9 Å². The molecule has 6 saturated carbocycles. The van der Waals surface area contributed by atoms with E-state index in [4.69, 9.17) is 19.3 Å². The number of ether oxygens (including phenoxy) is 3. The summed E-state index contributed by atoms with van der Waals surface area (Å²) in [4.78, 5) is 48.3. The lowest BCUT2D eigenvalue weighted by Crippen LogP contribution is -2.54. The number of hydrogen-bond donors (Lipinski definition) is 1. The summed E-state index contributed by atoms with van der Waals surface area (Å²) < 4.78 is 16.7. The Morgan fingerprint density at radius 1 is 0.966 bits per heavy atom. The third-order valence-electron chi connectivity index (χ3n) is 8.53. The van der Waals surface area contributed by atoms with E-state index in [1.165, 1.54) is 19.3 Å². The Kier molecular flexibility index (Phi) is 3.50. The van der Waals surface area contributed by atoms with E-state index in [9.17, 15) is 19.2 Å².